The van der Waals surface area contributed by atoms with Crippen LogP contribution in [0.1, 0.15) is 33.6 Å². The van der Waals surface area contributed by atoms with Gasteiger partial charge in [-0.25, -0.2) is 0 Å². The van der Waals surface area contributed by atoms with Gasteiger partial charge in [0.1, 0.15) is 0 Å². The second-order valence-corrected chi connectivity index (χ2v) is 5.20. The van der Waals surface area contributed by atoms with E-state index in [1.165, 1.54) is 19.5 Å². The smallest absolute Gasteiger partial charge is 0.0742 e. The van der Waals surface area contributed by atoms with Crippen molar-refractivity contribution in [2.45, 2.75) is 45.7 Å². The molecule has 94 valence electrons. The fourth-order valence-electron chi connectivity index (χ4n) is 2.63. The van der Waals surface area contributed by atoms with Gasteiger partial charge in [0, 0.05) is 31.6 Å². The minimum Gasteiger partial charge on any atom is -0.393 e. The quantitative estimate of drug-likeness (QED) is 0.716. The van der Waals surface area contributed by atoms with Crippen molar-refractivity contribution in [2.75, 3.05) is 26.2 Å². The Morgan fingerprint density at radius 3 is 2.62 bits per heavy atom. The molecule has 1 aliphatic heterocycles. The Kier molecular flexibility index (Phi) is 5.66. The summed E-state index contributed by atoms with van der Waals surface area (Å²) in [4.78, 5) is 5.70. The molecule has 0 aromatic carbocycles. The van der Waals surface area contributed by atoms with E-state index in [4.69, 9.17) is 18.0 Å². The Bertz CT molecular complexity index is 228. The zero-order chi connectivity index (χ0) is 12.1. The van der Waals surface area contributed by atoms with Crippen molar-refractivity contribution >= 4 is 17.2 Å². The Hall–Kier alpha value is -0.190. The lowest BCUT2D eigenvalue weighted by molar-refractivity contribution is 0.194. The van der Waals surface area contributed by atoms with Gasteiger partial charge in [0.25, 0.3) is 0 Å². The molecule has 1 rings (SSSR count). The van der Waals surface area contributed by atoms with Crippen LogP contribution in [0.25, 0.3) is 0 Å². The Labute approximate surface area is 105 Å². The molecule has 3 nitrogen and oxygen atoms in total. The van der Waals surface area contributed by atoms with Gasteiger partial charge < -0.3 is 5.73 Å². The second kappa shape index (κ2) is 6.52. The zero-order valence-electron chi connectivity index (χ0n) is 10.8. The third-order valence-corrected chi connectivity index (χ3v) is 3.81. The molecule has 0 spiro atoms. The lowest BCUT2D eigenvalue weighted by Gasteiger charge is -2.28. The first-order chi connectivity index (χ1) is 7.58. The molecule has 0 bridgehead atoms. The highest BCUT2D eigenvalue weighted by Crippen LogP contribution is 2.18. The normalized spacial score (nSPS) is 23.9. The summed E-state index contributed by atoms with van der Waals surface area (Å²) in [5, 5.41) is 0. The molecule has 1 heterocycles. The largest absolute Gasteiger partial charge is 0.393 e. The van der Waals surface area contributed by atoms with Crippen LogP contribution in [-0.4, -0.2) is 53.1 Å². The molecule has 2 N–H and O–H groups in total. The molecule has 0 saturated carbocycles. The first-order valence-corrected chi connectivity index (χ1v) is 6.75. The third kappa shape index (κ3) is 3.68. The standard InChI is InChI=1S/C12H25N3S/c1-4-14(5-2)11-6-7-15(9-11)10(3)8-12(13)16/h10-11H,4-9H2,1-3H3,(H2,13,16). The SMILES string of the molecule is CCN(CC)C1CCN(C(C)CC(N)=S)C1. The van der Waals surface area contributed by atoms with Crippen LogP contribution in [0, 0.1) is 0 Å². The number of hydrogen-bond acceptors (Lipinski definition) is 3. The van der Waals surface area contributed by atoms with Gasteiger partial charge in [-0.1, -0.05) is 26.1 Å². The fraction of sp³-hybridized carbons (Fsp3) is 0.917. The Balaban J connectivity index is 2.42. The van der Waals surface area contributed by atoms with Gasteiger partial charge in [-0.05, 0) is 26.4 Å². The molecular weight excluding hydrogens is 218 g/mol. The van der Waals surface area contributed by atoms with E-state index in [2.05, 4.69) is 30.6 Å². The Morgan fingerprint density at radius 2 is 2.12 bits per heavy atom. The van der Waals surface area contributed by atoms with Crippen LogP contribution in [0.4, 0.5) is 0 Å². The minimum absolute atomic E-state index is 0.498. The zero-order valence-corrected chi connectivity index (χ0v) is 11.6. The molecule has 1 fully saturated rings. The second-order valence-electron chi connectivity index (χ2n) is 4.68. The number of rotatable bonds is 6. The lowest BCUT2D eigenvalue weighted by Crippen LogP contribution is -2.40. The average molecular weight is 243 g/mol. The number of hydrogen-bond donors (Lipinski definition) is 1. The molecule has 0 radical (unpaired) electrons. The maximum absolute atomic E-state index is 5.60. The number of nitrogens with zero attached hydrogens (tertiary/aromatic N) is 2. The molecule has 0 aliphatic carbocycles. The lowest BCUT2D eigenvalue weighted by atomic mass is 10.2. The molecule has 0 aromatic heterocycles. The summed E-state index contributed by atoms with van der Waals surface area (Å²) in [5.74, 6) is 0. The minimum atomic E-state index is 0.498. The van der Waals surface area contributed by atoms with E-state index in [0.717, 1.165) is 25.6 Å². The van der Waals surface area contributed by atoms with Gasteiger partial charge in [-0.15, -0.1) is 0 Å². The highest BCUT2D eigenvalue weighted by molar-refractivity contribution is 7.80. The fourth-order valence-corrected chi connectivity index (χ4v) is 2.87. The molecule has 16 heavy (non-hydrogen) atoms. The van der Waals surface area contributed by atoms with Crippen molar-refractivity contribution in [1.82, 2.24) is 9.80 Å². The van der Waals surface area contributed by atoms with E-state index in [-0.39, 0.29) is 0 Å². The van der Waals surface area contributed by atoms with Crippen LogP contribution in [0.2, 0.25) is 0 Å². The molecule has 2 unspecified atom stereocenters. The van der Waals surface area contributed by atoms with Crippen molar-refractivity contribution in [3.63, 3.8) is 0 Å². The third-order valence-electron chi connectivity index (χ3n) is 3.64. The summed E-state index contributed by atoms with van der Waals surface area (Å²) in [6, 6.07) is 1.22. The molecule has 0 amide bonds. The number of thiocarbonyl (C=S) groups is 1. The summed E-state index contributed by atoms with van der Waals surface area (Å²) in [6.45, 7) is 11.4. The summed E-state index contributed by atoms with van der Waals surface area (Å²) < 4.78 is 0. The maximum atomic E-state index is 5.60. The predicted octanol–water partition coefficient (Wildman–Crippen LogP) is 1.47. The molecule has 4 heteroatoms. The van der Waals surface area contributed by atoms with Crippen molar-refractivity contribution in [1.29, 1.82) is 0 Å². The first kappa shape index (κ1) is 13.9. The molecular formula is C12H25N3S. The molecule has 0 aromatic rings. The van der Waals surface area contributed by atoms with Gasteiger partial charge in [-0.2, -0.15) is 0 Å². The van der Waals surface area contributed by atoms with E-state index in [1.807, 2.05) is 0 Å². The van der Waals surface area contributed by atoms with Gasteiger partial charge in [0.2, 0.25) is 0 Å². The summed E-state index contributed by atoms with van der Waals surface area (Å²) >= 11 is 4.97. The van der Waals surface area contributed by atoms with Gasteiger partial charge in [-0.3, -0.25) is 9.80 Å². The van der Waals surface area contributed by atoms with Crippen molar-refractivity contribution in [3.05, 3.63) is 0 Å². The number of nitrogens with two attached hydrogens (primary N) is 1. The van der Waals surface area contributed by atoms with E-state index in [0.29, 0.717) is 11.0 Å². The van der Waals surface area contributed by atoms with Crippen LogP contribution < -0.4 is 5.73 Å². The summed E-state index contributed by atoms with van der Waals surface area (Å²) in [6.07, 6.45) is 2.13. The molecule has 1 saturated heterocycles. The van der Waals surface area contributed by atoms with Crippen LogP contribution in [-0.2, 0) is 0 Å². The van der Waals surface area contributed by atoms with Gasteiger partial charge in [0.15, 0.2) is 0 Å². The van der Waals surface area contributed by atoms with Crippen LogP contribution in [0.15, 0.2) is 0 Å². The average Bonchev–Trinajstić information content (AvgIpc) is 2.68. The van der Waals surface area contributed by atoms with Crippen molar-refractivity contribution < 1.29 is 0 Å². The van der Waals surface area contributed by atoms with Crippen LogP contribution >= 0.6 is 12.2 Å². The van der Waals surface area contributed by atoms with Crippen molar-refractivity contribution in [2.24, 2.45) is 5.73 Å². The van der Waals surface area contributed by atoms with Crippen LogP contribution in [0.5, 0.6) is 0 Å². The van der Waals surface area contributed by atoms with Gasteiger partial charge >= 0.3 is 0 Å². The van der Waals surface area contributed by atoms with Crippen LogP contribution in [0.3, 0.4) is 0 Å². The van der Waals surface area contributed by atoms with Crippen molar-refractivity contribution in [3.8, 4) is 0 Å². The summed E-state index contributed by atoms with van der Waals surface area (Å²) in [7, 11) is 0. The maximum Gasteiger partial charge on any atom is 0.0742 e. The van der Waals surface area contributed by atoms with E-state index < -0.39 is 0 Å². The monoisotopic (exact) mass is 243 g/mol. The number of likely N-dealkylation sites (N-methyl/N-ethyl adjacent to an activating group) is 1. The Morgan fingerprint density at radius 1 is 1.50 bits per heavy atom. The summed E-state index contributed by atoms with van der Waals surface area (Å²) in [5.41, 5.74) is 5.60. The van der Waals surface area contributed by atoms with E-state index >= 15 is 0 Å². The first-order valence-electron chi connectivity index (χ1n) is 6.34. The van der Waals surface area contributed by atoms with Gasteiger partial charge in [0.05, 0.1) is 4.99 Å². The highest BCUT2D eigenvalue weighted by Gasteiger charge is 2.28. The molecule has 2 atom stereocenters. The van der Waals surface area contributed by atoms with E-state index in [9.17, 15) is 0 Å². The van der Waals surface area contributed by atoms with E-state index in [1.54, 1.807) is 0 Å². The highest BCUT2D eigenvalue weighted by atomic mass is 32.1. The molecule has 1 aliphatic rings. The predicted molar refractivity (Wildman–Crippen MR) is 73.8 cm³/mol. The topological polar surface area (TPSA) is 32.5 Å². The number of likely N-dealkylation sites (tertiary alicyclic amines) is 1.